The Balaban J connectivity index is 2.43. The van der Waals surface area contributed by atoms with E-state index in [4.69, 9.17) is 22.0 Å². The third-order valence-corrected chi connectivity index (χ3v) is 3.33. The van der Waals surface area contributed by atoms with E-state index in [1.54, 1.807) is 24.3 Å². The van der Waals surface area contributed by atoms with Crippen LogP contribution in [0.25, 0.3) is 10.8 Å². The summed E-state index contributed by atoms with van der Waals surface area (Å²) in [7, 11) is 0. The number of amides is 1. The zero-order valence-electron chi connectivity index (χ0n) is 10.4. The lowest BCUT2D eigenvalue weighted by atomic mass is 10.0. The SMILES string of the molecule is O=C(O)C(CO)N(Cl)C(=O)c1cccc2ccccc12. The first-order chi connectivity index (χ1) is 9.56. The molecule has 0 heterocycles. The van der Waals surface area contributed by atoms with Crippen LogP contribution in [-0.2, 0) is 4.79 Å². The number of fused-ring (bicyclic) bond motifs is 1. The maximum absolute atomic E-state index is 12.3. The van der Waals surface area contributed by atoms with Crippen LogP contribution < -0.4 is 0 Å². The highest BCUT2D eigenvalue weighted by Crippen LogP contribution is 2.21. The van der Waals surface area contributed by atoms with Gasteiger partial charge in [0.15, 0.2) is 6.04 Å². The number of aliphatic carboxylic acids is 1. The number of benzene rings is 2. The van der Waals surface area contributed by atoms with Gasteiger partial charge in [0.1, 0.15) is 0 Å². The van der Waals surface area contributed by atoms with Crippen molar-refractivity contribution < 1.29 is 19.8 Å². The number of aliphatic hydroxyl groups is 1. The molecule has 0 saturated carbocycles. The van der Waals surface area contributed by atoms with Gasteiger partial charge in [0.25, 0.3) is 5.91 Å². The maximum Gasteiger partial charge on any atom is 0.330 e. The van der Waals surface area contributed by atoms with Crippen LogP contribution in [0.3, 0.4) is 0 Å². The van der Waals surface area contributed by atoms with Crippen molar-refractivity contribution in [1.29, 1.82) is 0 Å². The fourth-order valence-electron chi connectivity index (χ4n) is 1.92. The van der Waals surface area contributed by atoms with Crippen LogP contribution in [0.5, 0.6) is 0 Å². The molecule has 5 nitrogen and oxygen atoms in total. The number of rotatable bonds is 4. The van der Waals surface area contributed by atoms with Gasteiger partial charge in [-0.25, -0.2) is 9.21 Å². The monoisotopic (exact) mass is 293 g/mol. The van der Waals surface area contributed by atoms with Crippen LogP contribution in [0.15, 0.2) is 42.5 Å². The van der Waals surface area contributed by atoms with Gasteiger partial charge in [-0.3, -0.25) is 4.79 Å². The molecule has 0 radical (unpaired) electrons. The van der Waals surface area contributed by atoms with Gasteiger partial charge in [-0.15, -0.1) is 0 Å². The predicted molar refractivity (Wildman–Crippen MR) is 74.5 cm³/mol. The van der Waals surface area contributed by atoms with Crippen LogP contribution in [0.4, 0.5) is 0 Å². The molecule has 2 aromatic carbocycles. The Labute approximate surface area is 120 Å². The number of carbonyl (C=O) groups is 2. The second-order valence-corrected chi connectivity index (χ2v) is 4.54. The van der Waals surface area contributed by atoms with Crippen molar-refractivity contribution in [3.05, 3.63) is 48.0 Å². The third kappa shape index (κ3) is 2.59. The molecule has 2 N–H and O–H groups in total. The van der Waals surface area contributed by atoms with E-state index in [-0.39, 0.29) is 5.56 Å². The van der Waals surface area contributed by atoms with Gasteiger partial charge >= 0.3 is 5.97 Å². The zero-order chi connectivity index (χ0) is 14.7. The summed E-state index contributed by atoms with van der Waals surface area (Å²) in [5, 5.41) is 19.5. The molecular weight excluding hydrogens is 282 g/mol. The lowest BCUT2D eigenvalue weighted by Crippen LogP contribution is -2.41. The van der Waals surface area contributed by atoms with Gasteiger partial charge in [-0.05, 0) is 16.8 Å². The van der Waals surface area contributed by atoms with E-state index in [2.05, 4.69) is 0 Å². The van der Waals surface area contributed by atoms with Crippen LogP contribution in [0, 0.1) is 0 Å². The molecule has 2 rings (SSSR count). The number of aliphatic hydroxyl groups excluding tert-OH is 1. The van der Waals surface area contributed by atoms with Gasteiger partial charge < -0.3 is 10.2 Å². The number of halogens is 1. The molecular formula is C14H12ClNO4. The molecule has 0 saturated heterocycles. The van der Waals surface area contributed by atoms with Crippen LogP contribution in [0.2, 0.25) is 0 Å². The smallest absolute Gasteiger partial charge is 0.330 e. The van der Waals surface area contributed by atoms with Gasteiger partial charge in [0.2, 0.25) is 0 Å². The Morgan fingerprint density at radius 3 is 2.45 bits per heavy atom. The highest BCUT2D eigenvalue weighted by atomic mass is 35.5. The summed E-state index contributed by atoms with van der Waals surface area (Å²) in [6, 6.07) is 10.8. The summed E-state index contributed by atoms with van der Waals surface area (Å²) >= 11 is 5.77. The number of carbonyl (C=O) groups excluding carboxylic acids is 1. The molecule has 0 bridgehead atoms. The van der Waals surface area contributed by atoms with E-state index in [0.29, 0.717) is 9.81 Å². The van der Waals surface area contributed by atoms with Crippen molar-refractivity contribution in [1.82, 2.24) is 4.42 Å². The molecule has 1 atom stereocenters. The highest BCUT2D eigenvalue weighted by molar-refractivity contribution is 6.27. The molecule has 1 amide bonds. The highest BCUT2D eigenvalue weighted by Gasteiger charge is 2.29. The number of hydrogen-bond donors (Lipinski definition) is 2. The van der Waals surface area contributed by atoms with Crippen LogP contribution >= 0.6 is 11.8 Å². The number of hydrogen-bond acceptors (Lipinski definition) is 3. The molecule has 6 heteroatoms. The van der Waals surface area contributed by atoms with E-state index in [9.17, 15) is 9.59 Å². The van der Waals surface area contributed by atoms with Crippen molar-refractivity contribution in [2.75, 3.05) is 6.61 Å². The molecule has 0 aliphatic carbocycles. The van der Waals surface area contributed by atoms with Gasteiger partial charge in [0.05, 0.1) is 6.61 Å². The second kappa shape index (κ2) is 5.90. The van der Waals surface area contributed by atoms with Gasteiger partial charge in [-0.2, -0.15) is 0 Å². The van der Waals surface area contributed by atoms with Crippen molar-refractivity contribution in [3.63, 3.8) is 0 Å². The van der Waals surface area contributed by atoms with E-state index in [1.165, 1.54) is 0 Å². The van der Waals surface area contributed by atoms with E-state index in [0.717, 1.165) is 5.39 Å². The quantitative estimate of drug-likeness (QED) is 0.844. The van der Waals surface area contributed by atoms with Crippen molar-refractivity contribution in [3.8, 4) is 0 Å². The average Bonchev–Trinajstić information content (AvgIpc) is 2.46. The molecule has 0 spiro atoms. The summed E-state index contributed by atoms with van der Waals surface area (Å²) in [5.41, 5.74) is 0.290. The number of carboxylic acid groups (broad SMARTS) is 1. The topological polar surface area (TPSA) is 77.8 Å². The Hall–Kier alpha value is -2.11. The molecule has 20 heavy (non-hydrogen) atoms. The Morgan fingerprint density at radius 2 is 1.80 bits per heavy atom. The normalized spacial score (nSPS) is 12.1. The summed E-state index contributed by atoms with van der Waals surface area (Å²) in [6.45, 7) is -0.755. The predicted octanol–water partition coefficient (Wildman–Crippen LogP) is 1.88. The van der Waals surface area contributed by atoms with Crippen LogP contribution in [0.1, 0.15) is 10.4 Å². The third-order valence-electron chi connectivity index (χ3n) is 2.95. The molecule has 2 aromatic rings. The molecule has 0 aromatic heterocycles. The Bertz CT molecular complexity index is 653. The van der Waals surface area contributed by atoms with Crippen LogP contribution in [-0.4, -0.2) is 39.2 Å². The minimum Gasteiger partial charge on any atom is -0.480 e. The lowest BCUT2D eigenvalue weighted by Gasteiger charge is -2.20. The second-order valence-electron chi connectivity index (χ2n) is 4.18. The first kappa shape index (κ1) is 14.3. The first-order valence-corrected chi connectivity index (χ1v) is 6.21. The summed E-state index contributed by atoms with van der Waals surface area (Å²) in [5.74, 6) is -2.03. The first-order valence-electron chi connectivity index (χ1n) is 5.87. The molecule has 0 aliphatic heterocycles. The number of nitrogens with zero attached hydrogens (tertiary/aromatic N) is 1. The maximum atomic E-state index is 12.3. The summed E-state index contributed by atoms with van der Waals surface area (Å²) in [4.78, 5) is 23.2. The summed E-state index contributed by atoms with van der Waals surface area (Å²) < 4.78 is 0.518. The Morgan fingerprint density at radius 1 is 1.15 bits per heavy atom. The van der Waals surface area contributed by atoms with E-state index < -0.39 is 24.5 Å². The van der Waals surface area contributed by atoms with Gasteiger partial charge in [0, 0.05) is 17.3 Å². The van der Waals surface area contributed by atoms with Crippen molar-refractivity contribution in [2.45, 2.75) is 6.04 Å². The van der Waals surface area contributed by atoms with Gasteiger partial charge in [-0.1, -0.05) is 36.4 Å². The van der Waals surface area contributed by atoms with E-state index in [1.807, 2.05) is 18.2 Å². The fraction of sp³-hybridized carbons (Fsp3) is 0.143. The molecule has 104 valence electrons. The summed E-state index contributed by atoms with van der Waals surface area (Å²) in [6.07, 6.45) is 0. The van der Waals surface area contributed by atoms with Crippen molar-refractivity contribution in [2.24, 2.45) is 0 Å². The minimum absolute atomic E-state index is 0.290. The molecule has 0 aliphatic rings. The largest absolute Gasteiger partial charge is 0.480 e. The zero-order valence-corrected chi connectivity index (χ0v) is 11.1. The Kier molecular flexibility index (Phi) is 4.22. The van der Waals surface area contributed by atoms with Crippen molar-refractivity contribution >= 4 is 34.4 Å². The standard InChI is InChI=1S/C14H12ClNO4/c15-16(12(8-17)14(19)20)13(18)11-7-3-5-9-4-1-2-6-10(9)11/h1-7,12,17H,8H2,(H,19,20). The molecule has 1 unspecified atom stereocenters. The average molecular weight is 294 g/mol. The number of carboxylic acids is 1. The minimum atomic E-state index is -1.48. The fourth-order valence-corrected chi connectivity index (χ4v) is 2.15. The lowest BCUT2D eigenvalue weighted by molar-refractivity contribution is -0.142. The van der Waals surface area contributed by atoms with E-state index >= 15 is 0 Å². The molecule has 0 fully saturated rings.